The van der Waals surface area contributed by atoms with Crippen LogP contribution in [-0.4, -0.2) is 50.3 Å². The van der Waals surface area contributed by atoms with E-state index >= 15 is 0 Å². The fourth-order valence-electron chi connectivity index (χ4n) is 3.32. The molecular weight excluding hydrogens is 361 g/mol. The summed E-state index contributed by atoms with van der Waals surface area (Å²) in [5, 5.41) is 4.24. The van der Waals surface area contributed by atoms with Crippen molar-refractivity contribution in [1.29, 1.82) is 0 Å². The predicted molar refractivity (Wildman–Crippen MR) is 100.0 cm³/mol. The first-order valence-corrected chi connectivity index (χ1v) is 9.00. The van der Waals surface area contributed by atoms with Crippen molar-refractivity contribution in [3.05, 3.63) is 65.6 Å². The van der Waals surface area contributed by atoms with Gasteiger partial charge in [-0.05, 0) is 19.1 Å². The summed E-state index contributed by atoms with van der Waals surface area (Å²) in [5.74, 6) is -0.407. The Labute approximate surface area is 161 Å². The number of rotatable bonds is 3. The van der Waals surface area contributed by atoms with Gasteiger partial charge < -0.3 is 9.64 Å². The summed E-state index contributed by atoms with van der Waals surface area (Å²) in [6, 6.07) is 6.21. The Morgan fingerprint density at radius 2 is 2.18 bits per heavy atom. The van der Waals surface area contributed by atoms with Gasteiger partial charge in [0.15, 0.2) is 0 Å². The molecule has 1 aliphatic rings. The van der Waals surface area contributed by atoms with E-state index in [1.807, 2.05) is 6.92 Å². The van der Waals surface area contributed by atoms with Gasteiger partial charge in [0.25, 0.3) is 5.91 Å². The molecular formula is C20H20FN5O2. The number of halogens is 1. The van der Waals surface area contributed by atoms with Crippen molar-refractivity contribution in [2.45, 2.75) is 13.0 Å². The molecule has 1 amide bonds. The minimum Gasteiger partial charge on any atom is -0.368 e. The maximum Gasteiger partial charge on any atom is 0.257 e. The summed E-state index contributed by atoms with van der Waals surface area (Å²) in [5.41, 5.74) is 3.10. The highest BCUT2D eigenvalue weighted by molar-refractivity contribution is 5.95. The van der Waals surface area contributed by atoms with Gasteiger partial charge >= 0.3 is 0 Å². The zero-order valence-electron chi connectivity index (χ0n) is 15.7. The first kappa shape index (κ1) is 18.2. The molecule has 2 aromatic heterocycles. The average molecular weight is 381 g/mol. The zero-order chi connectivity index (χ0) is 19.7. The highest BCUT2D eigenvalue weighted by Gasteiger charge is 2.29. The van der Waals surface area contributed by atoms with Crippen molar-refractivity contribution < 1.29 is 13.9 Å². The highest BCUT2D eigenvalue weighted by atomic mass is 19.1. The summed E-state index contributed by atoms with van der Waals surface area (Å²) >= 11 is 0. The van der Waals surface area contributed by atoms with Crippen LogP contribution in [0.25, 0.3) is 11.3 Å². The molecule has 0 saturated carbocycles. The maximum atomic E-state index is 13.5. The quantitative estimate of drug-likeness (QED) is 0.697. The van der Waals surface area contributed by atoms with E-state index in [0.717, 1.165) is 0 Å². The highest BCUT2D eigenvalue weighted by Crippen LogP contribution is 2.25. The van der Waals surface area contributed by atoms with Crippen LogP contribution >= 0.6 is 0 Å². The number of aryl methyl sites for hydroxylation is 2. The van der Waals surface area contributed by atoms with Crippen LogP contribution in [0.4, 0.5) is 4.39 Å². The van der Waals surface area contributed by atoms with Crippen molar-refractivity contribution in [3.63, 3.8) is 0 Å². The number of aromatic nitrogens is 4. The number of nitrogens with zero attached hydrogens (tertiary/aromatic N) is 5. The summed E-state index contributed by atoms with van der Waals surface area (Å²) in [6.45, 7) is 3.09. The third-order valence-electron chi connectivity index (χ3n) is 4.70. The van der Waals surface area contributed by atoms with Gasteiger partial charge in [-0.25, -0.2) is 9.37 Å². The fourth-order valence-corrected chi connectivity index (χ4v) is 3.32. The van der Waals surface area contributed by atoms with Crippen LogP contribution in [0.5, 0.6) is 0 Å². The summed E-state index contributed by atoms with van der Waals surface area (Å²) in [7, 11) is 1.79. The first-order chi connectivity index (χ1) is 13.5. The molecule has 0 spiro atoms. The van der Waals surface area contributed by atoms with Gasteiger partial charge in [0.1, 0.15) is 11.9 Å². The molecule has 144 valence electrons. The molecule has 1 aromatic carbocycles. The largest absolute Gasteiger partial charge is 0.368 e. The van der Waals surface area contributed by atoms with Gasteiger partial charge in [0.2, 0.25) is 0 Å². The van der Waals surface area contributed by atoms with Gasteiger partial charge in [-0.3, -0.25) is 14.5 Å². The van der Waals surface area contributed by atoms with E-state index in [9.17, 15) is 9.18 Å². The second-order valence-electron chi connectivity index (χ2n) is 6.75. The van der Waals surface area contributed by atoms with Crippen molar-refractivity contribution in [1.82, 2.24) is 24.6 Å². The lowest BCUT2D eigenvalue weighted by molar-refractivity contribution is -0.0248. The monoisotopic (exact) mass is 381 g/mol. The Bertz CT molecular complexity index is 1020. The number of hydrogen-bond donors (Lipinski definition) is 0. The van der Waals surface area contributed by atoms with Crippen LogP contribution < -0.4 is 0 Å². The Morgan fingerprint density at radius 1 is 1.32 bits per heavy atom. The molecule has 0 radical (unpaired) electrons. The van der Waals surface area contributed by atoms with Crippen LogP contribution in [-0.2, 0) is 11.8 Å². The fraction of sp³-hybridized carbons (Fsp3) is 0.300. The minimum absolute atomic E-state index is 0.0758. The number of hydrogen-bond acceptors (Lipinski definition) is 5. The van der Waals surface area contributed by atoms with E-state index < -0.39 is 6.10 Å². The Balaban J connectivity index is 1.56. The van der Waals surface area contributed by atoms with E-state index in [1.54, 1.807) is 47.4 Å². The summed E-state index contributed by atoms with van der Waals surface area (Å²) in [6.07, 6.45) is 4.54. The number of carbonyl (C=O) groups is 1. The number of amides is 1. The van der Waals surface area contributed by atoms with E-state index in [0.29, 0.717) is 47.9 Å². The molecule has 28 heavy (non-hydrogen) atoms. The van der Waals surface area contributed by atoms with Gasteiger partial charge in [-0.1, -0.05) is 12.1 Å². The number of carbonyl (C=O) groups excluding carboxylic acids is 1. The van der Waals surface area contributed by atoms with E-state index in [2.05, 4.69) is 15.1 Å². The minimum atomic E-state index is -0.393. The SMILES string of the molecule is Cc1nn(C)cc1C(=O)N1CCO[C@H](c2cncc(-c3cccc(F)c3)n2)C1. The molecule has 3 aromatic rings. The second-order valence-corrected chi connectivity index (χ2v) is 6.75. The zero-order valence-corrected chi connectivity index (χ0v) is 15.7. The predicted octanol–water partition coefficient (Wildman–Crippen LogP) is 2.54. The van der Waals surface area contributed by atoms with E-state index in [1.165, 1.54) is 12.1 Å². The van der Waals surface area contributed by atoms with Crippen LogP contribution in [0.3, 0.4) is 0 Å². The summed E-state index contributed by atoms with van der Waals surface area (Å²) in [4.78, 5) is 23.4. The van der Waals surface area contributed by atoms with Crippen molar-refractivity contribution in [2.75, 3.05) is 19.7 Å². The average Bonchev–Trinajstić information content (AvgIpc) is 3.05. The van der Waals surface area contributed by atoms with Crippen LogP contribution in [0, 0.1) is 12.7 Å². The van der Waals surface area contributed by atoms with Gasteiger partial charge in [0.05, 0.1) is 48.2 Å². The Hall–Kier alpha value is -3.13. The van der Waals surface area contributed by atoms with Crippen LogP contribution in [0.1, 0.15) is 27.8 Å². The normalized spacial score (nSPS) is 17.0. The molecule has 4 rings (SSSR count). The number of ether oxygens (including phenoxy) is 1. The third-order valence-corrected chi connectivity index (χ3v) is 4.70. The standard InChI is InChI=1S/C20H20FN5O2/c1-13-16(11-25(2)24-13)20(27)26-6-7-28-19(12-26)18-10-22-9-17(23-18)14-4-3-5-15(21)8-14/h3-5,8-11,19H,6-7,12H2,1-2H3/t19-/m0/s1. The molecule has 1 aliphatic heterocycles. The lowest BCUT2D eigenvalue weighted by Gasteiger charge is -2.32. The molecule has 3 heterocycles. The van der Waals surface area contributed by atoms with E-state index in [-0.39, 0.29) is 11.7 Å². The van der Waals surface area contributed by atoms with Gasteiger partial charge in [-0.2, -0.15) is 5.10 Å². The molecule has 0 unspecified atom stereocenters. The molecule has 1 saturated heterocycles. The van der Waals surface area contributed by atoms with Gasteiger partial charge in [0, 0.05) is 25.4 Å². The maximum absolute atomic E-state index is 13.5. The van der Waals surface area contributed by atoms with Crippen molar-refractivity contribution in [2.24, 2.45) is 7.05 Å². The molecule has 0 N–H and O–H groups in total. The van der Waals surface area contributed by atoms with Crippen LogP contribution in [0.15, 0.2) is 42.9 Å². The smallest absolute Gasteiger partial charge is 0.257 e. The molecule has 8 heteroatoms. The van der Waals surface area contributed by atoms with Crippen LogP contribution in [0.2, 0.25) is 0 Å². The molecule has 0 bridgehead atoms. The Morgan fingerprint density at radius 3 is 2.93 bits per heavy atom. The first-order valence-electron chi connectivity index (χ1n) is 9.00. The molecule has 7 nitrogen and oxygen atoms in total. The van der Waals surface area contributed by atoms with Gasteiger partial charge in [-0.15, -0.1) is 0 Å². The van der Waals surface area contributed by atoms with E-state index in [4.69, 9.17) is 4.74 Å². The topological polar surface area (TPSA) is 73.1 Å². The lowest BCUT2D eigenvalue weighted by atomic mass is 10.1. The Kier molecular flexibility index (Phi) is 4.87. The van der Waals surface area contributed by atoms with Crippen molar-refractivity contribution >= 4 is 5.91 Å². The second kappa shape index (κ2) is 7.47. The summed E-state index contributed by atoms with van der Waals surface area (Å²) < 4.78 is 21.0. The lowest BCUT2D eigenvalue weighted by Crippen LogP contribution is -2.42. The molecule has 1 atom stereocenters. The van der Waals surface area contributed by atoms with Crippen molar-refractivity contribution in [3.8, 4) is 11.3 Å². The third kappa shape index (κ3) is 3.63. The number of benzene rings is 1. The number of morpholine rings is 1. The molecule has 0 aliphatic carbocycles. The molecule has 1 fully saturated rings.